The first-order valence-corrected chi connectivity index (χ1v) is 15.3. The Balaban J connectivity index is 1.66. The summed E-state index contributed by atoms with van der Waals surface area (Å²) < 4.78 is 6.21. The third-order valence-corrected chi connectivity index (χ3v) is 12.1. The van der Waals surface area contributed by atoms with E-state index < -0.39 is 7.26 Å². The predicted octanol–water partition coefficient (Wildman–Crippen LogP) is 7.51. The van der Waals surface area contributed by atoms with Crippen LogP contribution in [-0.2, 0) is 6.16 Å². The van der Waals surface area contributed by atoms with Crippen molar-refractivity contribution >= 4 is 23.2 Å². The molecule has 1 atom stereocenters. The van der Waals surface area contributed by atoms with Crippen molar-refractivity contribution in [2.24, 2.45) is 5.92 Å². The second-order valence-electron chi connectivity index (χ2n) is 9.55. The zero-order valence-corrected chi connectivity index (χ0v) is 22.2. The summed E-state index contributed by atoms with van der Waals surface area (Å²) in [5.74, 6) is 1.62. The van der Waals surface area contributed by atoms with Crippen LogP contribution in [0.3, 0.4) is 0 Å². The molecule has 4 aromatic rings. The third-order valence-electron chi connectivity index (χ3n) is 7.22. The molecule has 0 radical (unpaired) electrons. The zero-order chi connectivity index (χ0) is 24.3. The summed E-state index contributed by atoms with van der Waals surface area (Å²) in [6, 6.07) is 42.3. The molecule has 1 nitrogen and oxygen atoms in total. The van der Waals surface area contributed by atoms with Crippen molar-refractivity contribution in [3.8, 4) is 5.75 Å². The molecular formula is C33H39OP. The van der Waals surface area contributed by atoms with Crippen LogP contribution >= 0.6 is 7.26 Å². The van der Waals surface area contributed by atoms with Gasteiger partial charge in [0.1, 0.15) is 0 Å². The Kier molecular flexibility index (Phi) is 9.15. The van der Waals surface area contributed by atoms with Crippen LogP contribution in [0.2, 0.25) is 0 Å². The number of hydrogen-bond donors (Lipinski definition) is 0. The Morgan fingerprint density at radius 1 is 0.629 bits per heavy atom. The van der Waals surface area contributed by atoms with Gasteiger partial charge in [-0.1, -0.05) is 0 Å². The van der Waals surface area contributed by atoms with Gasteiger partial charge in [0, 0.05) is 0 Å². The average Bonchev–Trinajstić information content (AvgIpc) is 2.94. The summed E-state index contributed by atoms with van der Waals surface area (Å²) in [5, 5.41) is 4.33. The van der Waals surface area contributed by atoms with Gasteiger partial charge in [-0.3, -0.25) is 0 Å². The number of unbranched alkanes of at least 4 members (excludes halogenated alkanes) is 1. The van der Waals surface area contributed by atoms with Gasteiger partial charge in [-0.15, -0.1) is 0 Å². The Bertz CT molecular complexity index is 1030. The summed E-state index contributed by atoms with van der Waals surface area (Å²) in [6.07, 6.45) is 5.98. The molecule has 0 saturated carbocycles. The molecule has 0 aliphatic heterocycles. The van der Waals surface area contributed by atoms with E-state index in [1.165, 1.54) is 47.2 Å². The van der Waals surface area contributed by atoms with Crippen LogP contribution in [0.5, 0.6) is 5.75 Å². The normalized spacial score (nSPS) is 12.7. The molecule has 2 heteroatoms. The van der Waals surface area contributed by atoms with Gasteiger partial charge >= 0.3 is 213 Å². The Morgan fingerprint density at radius 2 is 1.11 bits per heavy atom. The van der Waals surface area contributed by atoms with E-state index in [4.69, 9.17) is 4.74 Å². The molecule has 0 N–H and O–H groups in total. The summed E-state index contributed by atoms with van der Waals surface area (Å²) in [6.45, 7) is 5.34. The minimum atomic E-state index is -2.28. The van der Waals surface area contributed by atoms with Gasteiger partial charge in [-0.2, -0.15) is 0 Å². The monoisotopic (exact) mass is 482 g/mol. The average molecular weight is 483 g/mol. The van der Waals surface area contributed by atoms with Crippen LogP contribution in [0, 0.1) is 5.92 Å². The van der Waals surface area contributed by atoms with E-state index in [1.807, 2.05) is 0 Å². The van der Waals surface area contributed by atoms with Gasteiger partial charge in [-0.25, -0.2) is 0 Å². The molecular weight excluding hydrogens is 443 g/mol. The molecule has 0 aromatic heterocycles. The van der Waals surface area contributed by atoms with Gasteiger partial charge in [0.05, 0.1) is 0 Å². The Labute approximate surface area is 212 Å². The topological polar surface area (TPSA) is 9.23 Å². The summed E-state index contributed by atoms with van der Waals surface area (Å²) in [4.78, 5) is 0. The molecule has 0 fully saturated rings. The molecule has 0 aliphatic rings. The number of benzene rings is 4. The third kappa shape index (κ3) is 6.22. The number of rotatable bonds is 12. The van der Waals surface area contributed by atoms with E-state index in [0.717, 1.165) is 18.5 Å². The maximum absolute atomic E-state index is 6.21. The van der Waals surface area contributed by atoms with Crippen molar-refractivity contribution in [3.63, 3.8) is 0 Å². The second kappa shape index (κ2) is 12.7. The zero-order valence-electron chi connectivity index (χ0n) is 21.2. The van der Waals surface area contributed by atoms with E-state index in [2.05, 4.69) is 129 Å². The first kappa shape index (κ1) is 25.2. The SMILES string of the molecule is CCCCC(CC)COc1ccc(C[PH](c2ccccc2)(c2ccccc2)c2ccccc2)cc1. The first-order valence-electron chi connectivity index (χ1n) is 13.1. The molecule has 1 unspecified atom stereocenters. The van der Waals surface area contributed by atoms with Crippen molar-refractivity contribution in [2.45, 2.75) is 45.7 Å². The van der Waals surface area contributed by atoms with Gasteiger partial charge < -0.3 is 0 Å². The molecule has 0 aliphatic carbocycles. The molecule has 0 bridgehead atoms. The second-order valence-corrected chi connectivity index (χ2v) is 13.4. The summed E-state index contributed by atoms with van der Waals surface area (Å²) >= 11 is 0. The molecule has 0 heterocycles. The van der Waals surface area contributed by atoms with Crippen LogP contribution in [-0.4, -0.2) is 6.61 Å². The molecule has 0 saturated heterocycles. The van der Waals surface area contributed by atoms with Crippen molar-refractivity contribution in [3.05, 3.63) is 121 Å². The summed E-state index contributed by atoms with van der Waals surface area (Å²) in [7, 11) is -2.28. The van der Waals surface area contributed by atoms with Crippen LogP contribution < -0.4 is 20.7 Å². The van der Waals surface area contributed by atoms with Crippen molar-refractivity contribution in [1.82, 2.24) is 0 Å². The van der Waals surface area contributed by atoms with Crippen molar-refractivity contribution < 1.29 is 4.74 Å². The summed E-state index contributed by atoms with van der Waals surface area (Å²) in [5.41, 5.74) is 1.36. The van der Waals surface area contributed by atoms with Crippen LogP contribution in [0.4, 0.5) is 0 Å². The van der Waals surface area contributed by atoms with E-state index in [0.29, 0.717) is 5.92 Å². The van der Waals surface area contributed by atoms with Crippen LogP contribution in [0.15, 0.2) is 115 Å². The van der Waals surface area contributed by atoms with E-state index >= 15 is 0 Å². The fourth-order valence-electron chi connectivity index (χ4n) is 5.10. The quantitative estimate of drug-likeness (QED) is 0.190. The molecule has 4 rings (SSSR count). The van der Waals surface area contributed by atoms with E-state index in [1.54, 1.807) is 0 Å². The van der Waals surface area contributed by atoms with Crippen LogP contribution in [0.1, 0.15) is 45.1 Å². The van der Waals surface area contributed by atoms with Crippen molar-refractivity contribution in [2.75, 3.05) is 6.61 Å². The van der Waals surface area contributed by atoms with Crippen LogP contribution in [0.25, 0.3) is 0 Å². The Morgan fingerprint density at radius 3 is 1.54 bits per heavy atom. The fourth-order valence-corrected chi connectivity index (χ4v) is 9.84. The minimum absolute atomic E-state index is 0.643. The maximum atomic E-state index is 6.21. The number of ether oxygens (including phenoxy) is 1. The first-order chi connectivity index (χ1) is 17.3. The fraction of sp³-hybridized carbons (Fsp3) is 0.273. The van der Waals surface area contributed by atoms with Gasteiger partial charge in [0.25, 0.3) is 0 Å². The standard InChI is InChI=1S/C33H39OP/c1-3-5-15-28(4-2)26-34-30-24-22-29(23-25-30)27-35(31-16-9-6-10-17-31,32-18-11-7-12-19-32)33-20-13-8-14-21-33/h6-14,16-25,28,35H,3-5,15,26-27H2,1-2H3. The molecule has 4 aromatic carbocycles. The molecule has 0 amide bonds. The molecule has 0 spiro atoms. The Hall–Kier alpha value is -2.89. The van der Waals surface area contributed by atoms with Crippen molar-refractivity contribution in [1.29, 1.82) is 0 Å². The van der Waals surface area contributed by atoms with E-state index in [-0.39, 0.29) is 0 Å². The van der Waals surface area contributed by atoms with E-state index in [9.17, 15) is 0 Å². The van der Waals surface area contributed by atoms with Gasteiger partial charge in [0.15, 0.2) is 0 Å². The number of hydrogen-bond acceptors (Lipinski definition) is 1. The van der Waals surface area contributed by atoms with Gasteiger partial charge in [-0.05, 0) is 0 Å². The molecule has 35 heavy (non-hydrogen) atoms. The van der Waals surface area contributed by atoms with Gasteiger partial charge in [0.2, 0.25) is 0 Å². The predicted molar refractivity (Wildman–Crippen MR) is 155 cm³/mol. The molecule has 182 valence electrons.